The molecule has 2 saturated carbocycles. The van der Waals surface area contributed by atoms with Crippen molar-refractivity contribution in [2.75, 3.05) is 0 Å². The molecule has 1 saturated heterocycles. The molecule has 2 amide bonds. The molecule has 3 aliphatic rings. The van der Waals surface area contributed by atoms with Crippen LogP contribution in [0.25, 0.3) is 6.08 Å². The molecule has 226 valence electrons. The summed E-state index contributed by atoms with van der Waals surface area (Å²) in [7, 11) is 0. The molecule has 3 fully saturated rings. The second-order valence-corrected chi connectivity index (χ2v) is 12.1. The molecule has 0 radical (unpaired) electrons. The second kappa shape index (κ2) is 19.2. The second-order valence-electron chi connectivity index (χ2n) is 11.0. The van der Waals surface area contributed by atoms with E-state index in [1.807, 2.05) is 19.8 Å². The maximum Gasteiger partial charge on any atom is 0.311 e. The Morgan fingerprint density at radius 1 is 0.951 bits per heavy atom. The number of nitrogens with one attached hydrogen (secondary N) is 1. The first-order valence-corrected chi connectivity index (χ1v) is 15.7. The third kappa shape index (κ3) is 13.5. The summed E-state index contributed by atoms with van der Waals surface area (Å²) in [4.78, 5) is 53.6. The van der Waals surface area contributed by atoms with Gasteiger partial charge in [-0.15, -0.1) is 0 Å². The number of carbonyl (C=O) groups excluding carboxylic acids is 4. The number of carboxylic acids is 1. The number of ether oxygens (including phenoxy) is 1. The van der Waals surface area contributed by atoms with Crippen molar-refractivity contribution in [3.8, 4) is 5.75 Å². The summed E-state index contributed by atoms with van der Waals surface area (Å²) in [6, 6.07) is 5.36. The lowest BCUT2D eigenvalue weighted by molar-refractivity contribution is -0.137. The van der Waals surface area contributed by atoms with Gasteiger partial charge in [0.2, 0.25) is 0 Å². The molecular weight excluding hydrogens is 542 g/mol. The summed E-state index contributed by atoms with van der Waals surface area (Å²) in [5.41, 5.74) is 1.61. The first-order valence-electron chi connectivity index (χ1n) is 14.9. The molecule has 9 heteroatoms. The lowest BCUT2D eigenvalue weighted by Gasteiger charge is -2.21. The monoisotopic (exact) mass is 587 g/mol. The number of carboxylic acid groups (broad SMARTS) is 1. The Morgan fingerprint density at radius 2 is 1.51 bits per heavy atom. The van der Waals surface area contributed by atoms with E-state index >= 15 is 0 Å². The maximum atomic E-state index is 12.1. The molecule has 0 aromatic heterocycles. The zero-order chi connectivity index (χ0) is 30.0. The fourth-order valence-electron chi connectivity index (χ4n) is 5.65. The standard InChI is InChI=1S/C21H25NO4S.C10H18O2.CH2O/c1-14-12-16(13-18-20(24)22-21(25)27-18)10-11-17(14)26-19(23)9-5-8-15-6-3-2-4-7-15;11-10(12)8-4-7-9-5-2-1-3-6-9;1-2/h10-13,15H,2-9H2,1H3,(H,22,24,25);9H,1-8H2,(H,11,12);1H2/b18-13-;;. The minimum atomic E-state index is -0.647. The molecule has 0 bridgehead atoms. The highest BCUT2D eigenvalue weighted by Gasteiger charge is 2.25. The van der Waals surface area contributed by atoms with E-state index in [2.05, 4.69) is 5.32 Å². The lowest BCUT2D eigenvalue weighted by Crippen LogP contribution is -2.17. The molecule has 2 N–H and O–H groups in total. The number of rotatable bonds is 10. The van der Waals surface area contributed by atoms with Gasteiger partial charge in [0.1, 0.15) is 12.5 Å². The van der Waals surface area contributed by atoms with Crippen molar-refractivity contribution in [3.05, 3.63) is 34.2 Å². The number of aryl methyl sites for hydroxylation is 1. The number of carbonyl (C=O) groups is 5. The minimum absolute atomic E-state index is 0.198. The lowest BCUT2D eigenvalue weighted by atomic mass is 9.86. The number of hydrogen-bond acceptors (Lipinski definition) is 7. The van der Waals surface area contributed by atoms with Crippen molar-refractivity contribution in [1.82, 2.24) is 5.32 Å². The van der Waals surface area contributed by atoms with Crippen molar-refractivity contribution in [1.29, 1.82) is 0 Å². The van der Waals surface area contributed by atoms with Crippen LogP contribution in [-0.2, 0) is 19.2 Å². The molecule has 1 aromatic carbocycles. The van der Waals surface area contributed by atoms with Crippen LogP contribution in [0.2, 0.25) is 0 Å². The Balaban J connectivity index is 0.000000352. The Kier molecular flexibility index (Phi) is 16.1. The van der Waals surface area contributed by atoms with Crippen LogP contribution < -0.4 is 10.1 Å². The minimum Gasteiger partial charge on any atom is -0.481 e. The number of imide groups is 1. The maximum absolute atomic E-state index is 12.1. The Hall–Kier alpha value is -2.94. The van der Waals surface area contributed by atoms with Gasteiger partial charge in [0.05, 0.1) is 4.91 Å². The first kappa shape index (κ1) is 34.3. The number of thioether (sulfide) groups is 1. The molecule has 0 spiro atoms. The topological polar surface area (TPSA) is 127 Å². The highest BCUT2D eigenvalue weighted by Crippen LogP contribution is 2.30. The summed E-state index contributed by atoms with van der Waals surface area (Å²) >= 11 is 0.886. The molecule has 1 aromatic rings. The van der Waals surface area contributed by atoms with Gasteiger partial charge < -0.3 is 14.6 Å². The SMILES string of the molecule is C=O.Cc1cc(/C=C2\SC(=O)NC2=O)ccc1OC(=O)CCCC1CCCCC1.O=C(O)CCCC1CCCCC1. The van der Waals surface area contributed by atoms with Gasteiger partial charge in [-0.3, -0.25) is 24.5 Å². The summed E-state index contributed by atoms with van der Waals surface area (Å²) in [6.45, 7) is 3.86. The first-order chi connectivity index (χ1) is 19.8. The predicted molar refractivity (Wildman–Crippen MR) is 162 cm³/mol. The molecule has 41 heavy (non-hydrogen) atoms. The fourth-order valence-corrected chi connectivity index (χ4v) is 6.33. The summed E-state index contributed by atoms with van der Waals surface area (Å²) in [6.07, 6.45) is 19.8. The number of aliphatic carboxylic acids is 1. The summed E-state index contributed by atoms with van der Waals surface area (Å²) < 4.78 is 5.50. The Bertz CT molecular complexity index is 1040. The van der Waals surface area contributed by atoms with Crippen LogP contribution in [0, 0.1) is 18.8 Å². The zero-order valence-electron chi connectivity index (χ0n) is 24.3. The molecule has 0 atom stereocenters. The number of amides is 2. The average molecular weight is 588 g/mol. The van der Waals surface area contributed by atoms with Crippen LogP contribution in [0.15, 0.2) is 23.1 Å². The van der Waals surface area contributed by atoms with Crippen LogP contribution in [-0.4, -0.2) is 35.0 Å². The van der Waals surface area contributed by atoms with Gasteiger partial charge in [0.25, 0.3) is 11.1 Å². The van der Waals surface area contributed by atoms with Crippen LogP contribution in [0.5, 0.6) is 5.75 Å². The van der Waals surface area contributed by atoms with Gasteiger partial charge in [-0.05, 0) is 85.5 Å². The van der Waals surface area contributed by atoms with Crippen LogP contribution in [0.4, 0.5) is 4.79 Å². The fraction of sp³-hybridized carbons (Fsp3) is 0.594. The van der Waals surface area contributed by atoms with Gasteiger partial charge in [0.15, 0.2) is 0 Å². The number of esters is 1. The Morgan fingerprint density at radius 3 is 2.00 bits per heavy atom. The van der Waals surface area contributed by atoms with E-state index in [0.717, 1.165) is 60.4 Å². The molecule has 8 nitrogen and oxygen atoms in total. The van der Waals surface area contributed by atoms with Gasteiger partial charge in [-0.25, -0.2) is 0 Å². The largest absolute Gasteiger partial charge is 0.481 e. The number of hydrogen-bond donors (Lipinski definition) is 2. The normalized spacial score (nSPS) is 18.5. The summed E-state index contributed by atoms with van der Waals surface area (Å²) in [5.74, 6) is 0.925. The van der Waals surface area contributed by atoms with Crippen LogP contribution in [0.1, 0.15) is 114 Å². The predicted octanol–water partition coefficient (Wildman–Crippen LogP) is 7.61. The van der Waals surface area contributed by atoms with Crippen LogP contribution in [0.3, 0.4) is 0 Å². The summed E-state index contributed by atoms with van der Waals surface area (Å²) in [5, 5.41) is 10.3. The van der Waals surface area contributed by atoms with Crippen molar-refractivity contribution in [2.24, 2.45) is 11.8 Å². The van der Waals surface area contributed by atoms with Gasteiger partial charge in [-0.2, -0.15) is 0 Å². The molecule has 1 heterocycles. The molecule has 4 rings (SSSR count). The third-order valence-electron chi connectivity index (χ3n) is 7.81. The van der Waals surface area contributed by atoms with E-state index in [-0.39, 0.29) is 17.1 Å². The average Bonchev–Trinajstić information content (AvgIpc) is 3.28. The number of benzene rings is 1. The highest BCUT2D eigenvalue weighted by atomic mass is 32.2. The van der Waals surface area contributed by atoms with E-state index in [4.69, 9.17) is 14.6 Å². The Labute approximate surface area is 248 Å². The van der Waals surface area contributed by atoms with Gasteiger partial charge >= 0.3 is 11.9 Å². The smallest absolute Gasteiger partial charge is 0.311 e. The molecular formula is C32H45NO7S. The van der Waals surface area contributed by atoms with Gasteiger partial charge in [-0.1, -0.05) is 70.3 Å². The highest BCUT2D eigenvalue weighted by molar-refractivity contribution is 8.18. The molecule has 2 aliphatic carbocycles. The van der Waals surface area contributed by atoms with Crippen molar-refractivity contribution in [2.45, 2.75) is 110 Å². The van der Waals surface area contributed by atoms with E-state index in [1.54, 1.807) is 18.2 Å². The van der Waals surface area contributed by atoms with Crippen molar-refractivity contribution < 1.29 is 33.8 Å². The quantitative estimate of drug-likeness (QED) is 0.163. The molecule has 1 aliphatic heterocycles. The van der Waals surface area contributed by atoms with Crippen molar-refractivity contribution in [3.63, 3.8) is 0 Å². The van der Waals surface area contributed by atoms with Gasteiger partial charge in [0, 0.05) is 12.8 Å². The zero-order valence-corrected chi connectivity index (χ0v) is 25.1. The van der Waals surface area contributed by atoms with E-state index in [0.29, 0.717) is 23.5 Å². The van der Waals surface area contributed by atoms with Crippen LogP contribution >= 0.6 is 11.8 Å². The molecule has 0 unspecified atom stereocenters. The van der Waals surface area contributed by atoms with E-state index in [9.17, 15) is 19.2 Å². The third-order valence-corrected chi connectivity index (χ3v) is 8.62. The van der Waals surface area contributed by atoms with Crippen molar-refractivity contribution >= 4 is 47.7 Å². The van der Waals surface area contributed by atoms with E-state index in [1.165, 1.54) is 64.2 Å². The van der Waals surface area contributed by atoms with E-state index < -0.39 is 5.97 Å².